The van der Waals surface area contributed by atoms with Gasteiger partial charge in [0, 0.05) is 43.0 Å². The number of hydrogen-bond acceptors (Lipinski definition) is 5. The van der Waals surface area contributed by atoms with Gasteiger partial charge >= 0.3 is 6.18 Å². The molecular formula is C21H22F3N3O2. The van der Waals surface area contributed by atoms with E-state index in [2.05, 4.69) is 5.32 Å². The number of alkyl halides is 3. The second kappa shape index (κ2) is 8.52. The molecule has 154 valence electrons. The predicted octanol–water partition coefficient (Wildman–Crippen LogP) is 4.68. The topological polar surface area (TPSA) is 57.5 Å². The molecular weight excluding hydrogens is 383 g/mol. The lowest BCUT2D eigenvalue weighted by Crippen LogP contribution is -2.40. The number of nitrogens with one attached hydrogen (secondary N) is 1. The molecule has 0 amide bonds. The van der Waals surface area contributed by atoms with E-state index in [-0.39, 0.29) is 17.3 Å². The number of rotatable bonds is 5. The average molecular weight is 405 g/mol. The van der Waals surface area contributed by atoms with Crippen LogP contribution in [0.1, 0.15) is 24.0 Å². The second-order valence-corrected chi connectivity index (χ2v) is 6.85. The Balaban J connectivity index is 1.72. The molecule has 0 saturated carbocycles. The van der Waals surface area contributed by atoms with E-state index >= 15 is 0 Å². The summed E-state index contributed by atoms with van der Waals surface area (Å²) in [5.74, 6) is 1.32. The Labute approximate surface area is 167 Å². The van der Waals surface area contributed by atoms with Gasteiger partial charge in [-0.2, -0.15) is 18.4 Å². The zero-order chi connectivity index (χ0) is 21.0. The number of hydrogen-bond donors (Lipinski definition) is 1. The van der Waals surface area contributed by atoms with Crippen LogP contribution >= 0.6 is 0 Å². The molecule has 2 aromatic rings. The molecule has 1 heterocycles. The van der Waals surface area contributed by atoms with Crippen molar-refractivity contribution in [1.29, 1.82) is 5.26 Å². The minimum atomic E-state index is -4.46. The van der Waals surface area contributed by atoms with Crippen molar-refractivity contribution in [2.24, 2.45) is 0 Å². The van der Waals surface area contributed by atoms with Gasteiger partial charge < -0.3 is 19.7 Å². The van der Waals surface area contributed by atoms with Gasteiger partial charge in [-0.05, 0) is 31.0 Å². The third-order valence-corrected chi connectivity index (χ3v) is 4.99. The molecule has 0 aliphatic carbocycles. The van der Waals surface area contributed by atoms with Gasteiger partial charge in [-0.25, -0.2) is 0 Å². The summed E-state index contributed by atoms with van der Waals surface area (Å²) in [6.07, 6.45) is -3.14. The van der Waals surface area contributed by atoms with E-state index in [1.807, 2.05) is 18.2 Å². The van der Waals surface area contributed by atoms with Gasteiger partial charge in [-0.15, -0.1) is 0 Å². The van der Waals surface area contributed by atoms with Crippen molar-refractivity contribution < 1.29 is 22.6 Å². The fourth-order valence-corrected chi connectivity index (χ4v) is 3.49. The van der Waals surface area contributed by atoms with Crippen molar-refractivity contribution >= 4 is 11.4 Å². The summed E-state index contributed by atoms with van der Waals surface area (Å²) in [6, 6.07) is 11.0. The summed E-state index contributed by atoms with van der Waals surface area (Å²) >= 11 is 0. The van der Waals surface area contributed by atoms with Crippen LogP contribution in [0.4, 0.5) is 24.5 Å². The number of piperidine rings is 1. The van der Waals surface area contributed by atoms with Crippen LogP contribution in [0.15, 0.2) is 36.4 Å². The summed E-state index contributed by atoms with van der Waals surface area (Å²) in [5, 5.41) is 12.5. The van der Waals surface area contributed by atoms with Gasteiger partial charge in [-0.3, -0.25) is 0 Å². The number of nitrogens with zero attached hydrogens (tertiary/aromatic N) is 2. The quantitative estimate of drug-likeness (QED) is 0.783. The third kappa shape index (κ3) is 4.86. The number of methoxy groups -OCH3 is 2. The zero-order valence-corrected chi connectivity index (χ0v) is 16.2. The minimum Gasteiger partial charge on any atom is -0.497 e. The molecule has 0 atom stereocenters. The number of benzene rings is 2. The lowest BCUT2D eigenvalue weighted by molar-refractivity contribution is -0.137. The predicted molar refractivity (Wildman–Crippen MR) is 105 cm³/mol. The molecule has 3 rings (SSSR count). The highest BCUT2D eigenvalue weighted by Crippen LogP contribution is 2.38. The number of anilines is 2. The van der Waals surface area contributed by atoms with Gasteiger partial charge in [0.05, 0.1) is 37.1 Å². The second-order valence-electron chi connectivity index (χ2n) is 6.85. The van der Waals surface area contributed by atoms with E-state index in [4.69, 9.17) is 14.7 Å². The van der Waals surface area contributed by atoms with Crippen LogP contribution in [0.25, 0.3) is 0 Å². The van der Waals surface area contributed by atoms with Crippen molar-refractivity contribution in [1.82, 2.24) is 0 Å². The van der Waals surface area contributed by atoms with Gasteiger partial charge in [0.2, 0.25) is 0 Å². The molecule has 0 radical (unpaired) electrons. The van der Waals surface area contributed by atoms with E-state index in [1.165, 1.54) is 12.1 Å². The Hall–Kier alpha value is -3.08. The maximum Gasteiger partial charge on any atom is 0.418 e. The third-order valence-electron chi connectivity index (χ3n) is 4.99. The molecule has 5 nitrogen and oxygen atoms in total. The zero-order valence-electron chi connectivity index (χ0n) is 16.2. The van der Waals surface area contributed by atoms with Crippen LogP contribution in [0, 0.1) is 11.3 Å². The lowest BCUT2D eigenvalue weighted by atomic mass is 10.0. The van der Waals surface area contributed by atoms with Gasteiger partial charge in [0.25, 0.3) is 0 Å². The van der Waals surface area contributed by atoms with E-state index in [1.54, 1.807) is 25.2 Å². The Morgan fingerprint density at radius 3 is 2.17 bits per heavy atom. The molecule has 8 heteroatoms. The molecule has 1 saturated heterocycles. The first-order valence-electron chi connectivity index (χ1n) is 9.20. The fourth-order valence-electron chi connectivity index (χ4n) is 3.49. The molecule has 1 N–H and O–H groups in total. The molecule has 1 aliphatic heterocycles. The number of halogens is 3. The highest BCUT2D eigenvalue weighted by Gasteiger charge is 2.35. The summed E-state index contributed by atoms with van der Waals surface area (Å²) < 4.78 is 50.7. The van der Waals surface area contributed by atoms with Crippen LogP contribution in [-0.4, -0.2) is 33.4 Å². The van der Waals surface area contributed by atoms with Gasteiger partial charge in [0.15, 0.2) is 0 Å². The van der Waals surface area contributed by atoms with Crippen LogP contribution in [-0.2, 0) is 6.18 Å². The van der Waals surface area contributed by atoms with Crippen LogP contribution in [0.5, 0.6) is 11.5 Å². The summed E-state index contributed by atoms with van der Waals surface area (Å²) in [7, 11) is 3.15. The Bertz CT molecular complexity index is 879. The minimum absolute atomic E-state index is 0.0676. The SMILES string of the molecule is COc1cc(NC2CCN(c3cc(C#N)ccc3C(F)(F)F)CC2)cc(OC)c1. The first kappa shape index (κ1) is 20.6. The van der Waals surface area contributed by atoms with Crippen molar-refractivity contribution in [2.45, 2.75) is 25.1 Å². The number of ether oxygens (including phenoxy) is 2. The van der Waals surface area contributed by atoms with E-state index in [9.17, 15) is 13.2 Å². The molecule has 0 aromatic heterocycles. The average Bonchev–Trinajstić information content (AvgIpc) is 2.72. The number of nitriles is 1. The van der Waals surface area contributed by atoms with Gasteiger partial charge in [0.1, 0.15) is 11.5 Å². The van der Waals surface area contributed by atoms with Crippen LogP contribution in [0.2, 0.25) is 0 Å². The van der Waals surface area contributed by atoms with Crippen molar-refractivity contribution in [3.05, 3.63) is 47.5 Å². The van der Waals surface area contributed by atoms with E-state index in [0.717, 1.165) is 11.8 Å². The summed E-state index contributed by atoms with van der Waals surface area (Å²) in [6.45, 7) is 0.910. The molecule has 1 aliphatic rings. The van der Waals surface area contributed by atoms with E-state index in [0.29, 0.717) is 37.4 Å². The summed E-state index contributed by atoms with van der Waals surface area (Å²) in [4.78, 5) is 1.70. The normalized spacial score (nSPS) is 15.0. The maximum atomic E-state index is 13.4. The molecule has 0 spiro atoms. The molecule has 0 bridgehead atoms. The monoisotopic (exact) mass is 405 g/mol. The molecule has 29 heavy (non-hydrogen) atoms. The van der Waals surface area contributed by atoms with Crippen molar-refractivity contribution in [3.8, 4) is 17.6 Å². The van der Waals surface area contributed by atoms with Crippen LogP contribution < -0.4 is 19.7 Å². The summed E-state index contributed by atoms with van der Waals surface area (Å²) in [5.41, 5.74) is 0.414. The highest BCUT2D eigenvalue weighted by molar-refractivity contribution is 5.59. The smallest absolute Gasteiger partial charge is 0.418 e. The fraction of sp³-hybridized carbons (Fsp3) is 0.381. The van der Waals surface area contributed by atoms with Crippen LogP contribution in [0.3, 0.4) is 0 Å². The Morgan fingerprint density at radius 2 is 1.66 bits per heavy atom. The Morgan fingerprint density at radius 1 is 1.03 bits per heavy atom. The lowest BCUT2D eigenvalue weighted by Gasteiger charge is -2.35. The maximum absolute atomic E-state index is 13.4. The first-order chi connectivity index (χ1) is 13.8. The highest BCUT2D eigenvalue weighted by atomic mass is 19.4. The van der Waals surface area contributed by atoms with Crippen molar-refractivity contribution in [3.63, 3.8) is 0 Å². The Kier molecular flexibility index (Phi) is 6.06. The standard InChI is InChI=1S/C21H22F3N3O2/c1-28-17-10-16(11-18(12-17)29-2)26-15-5-7-27(8-6-15)20-9-14(13-25)3-4-19(20)21(22,23)24/h3-4,9-12,15,26H,5-8H2,1-2H3. The molecule has 1 fully saturated rings. The molecule has 2 aromatic carbocycles. The van der Waals surface area contributed by atoms with Gasteiger partial charge in [-0.1, -0.05) is 0 Å². The van der Waals surface area contributed by atoms with E-state index < -0.39 is 11.7 Å². The first-order valence-corrected chi connectivity index (χ1v) is 9.20. The molecule has 0 unspecified atom stereocenters. The van der Waals surface area contributed by atoms with Crippen molar-refractivity contribution in [2.75, 3.05) is 37.5 Å². The largest absolute Gasteiger partial charge is 0.497 e.